The highest BCUT2D eigenvalue weighted by Crippen LogP contribution is 2.24. The number of amides is 1. The Morgan fingerprint density at radius 2 is 1.91 bits per heavy atom. The number of ether oxygens (including phenoxy) is 1. The minimum absolute atomic E-state index is 0.230. The molecular formula is C25H26N8O2. The van der Waals surface area contributed by atoms with Gasteiger partial charge in [0.25, 0.3) is 5.91 Å². The maximum Gasteiger partial charge on any atom is 0.276 e. The van der Waals surface area contributed by atoms with Gasteiger partial charge in [-0.2, -0.15) is 15.3 Å². The van der Waals surface area contributed by atoms with Crippen LogP contribution in [0.1, 0.15) is 35.6 Å². The van der Waals surface area contributed by atoms with E-state index in [0.717, 1.165) is 35.7 Å². The highest BCUT2D eigenvalue weighted by atomic mass is 16.5. The first-order valence-electron chi connectivity index (χ1n) is 11.5. The van der Waals surface area contributed by atoms with E-state index in [0.29, 0.717) is 11.3 Å². The van der Waals surface area contributed by atoms with Crippen LogP contribution in [0.3, 0.4) is 0 Å². The van der Waals surface area contributed by atoms with Crippen LogP contribution < -0.4 is 10.1 Å². The summed E-state index contributed by atoms with van der Waals surface area (Å²) in [4.78, 5) is 17.3. The smallest absolute Gasteiger partial charge is 0.276 e. The molecule has 0 bridgehead atoms. The molecule has 1 N–H and O–H groups in total. The molecule has 0 aliphatic heterocycles. The number of aryl methyl sites for hydroxylation is 2. The quantitative estimate of drug-likeness (QED) is 0.368. The van der Waals surface area contributed by atoms with Crippen molar-refractivity contribution in [2.75, 3.05) is 5.32 Å². The summed E-state index contributed by atoms with van der Waals surface area (Å²) in [6.45, 7) is 7.17. The second-order valence-electron chi connectivity index (χ2n) is 8.08. The molecule has 0 aliphatic rings. The van der Waals surface area contributed by atoms with Gasteiger partial charge in [0.15, 0.2) is 18.1 Å². The van der Waals surface area contributed by atoms with Gasteiger partial charge in [-0.15, -0.1) is 0 Å². The molecule has 0 atom stereocenters. The summed E-state index contributed by atoms with van der Waals surface area (Å²) in [5.41, 5.74) is 5.42. The average Bonchev–Trinajstić information content (AvgIpc) is 3.61. The Hall–Kier alpha value is -4.47. The Kier molecular flexibility index (Phi) is 6.01. The fraction of sp³-hybridized carbons (Fsp3) is 0.240. The van der Waals surface area contributed by atoms with Gasteiger partial charge in [-0.1, -0.05) is 19.1 Å². The lowest BCUT2D eigenvalue weighted by molar-refractivity contribution is 0.102. The van der Waals surface area contributed by atoms with E-state index >= 15 is 0 Å². The molecule has 0 radical (unpaired) electrons. The molecule has 0 fully saturated rings. The SMILES string of the molecule is CCc1ccc(OCn2cc(NC(=O)c3cc4nccc(-c5cnn(CC)c5C)n4n3)cn2)cc1. The molecule has 0 spiro atoms. The first-order valence-corrected chi connectivity index (χ1v) is 11.5. The molecule has 35 heavy (non-hydrogen) atoms. The number of anilines is 1. The summed E-state index contributed by atoms with van der Waals surface area (Å²) in [6.07, 6.45) is 7.78. The molecule has 10 heteroatoms. The second kappa shape index (κ2) is 9.41. The summed E-state index contributed by atoms with van der Waals surface area (Å²) in [7, 11) is 0. The van der Waals surface area contributed by atoms with E-state index in [-0.39, 0.29) is 18.3 Å². The Bertz CT molecular complexity index is 1480. The molecule has 5 rings (SSSR count). The number of aromatic nitrogens is 7. The van der Waals surface area contributed by atoms with Crippen LogP contribution in [0.25, 0.3) is 16.9 Å². The van der Waals surface area contributed by atoms with E-state index in [4.69, 9.17) is 4.74 Å². The van der Waals surface area contributed by atoms with Gasteiger partial charge in [0.1, 0.15) is 5.75 Å². The second-order valence-corrected chi connectivity index (χ2v) is 8.08. The Balaban J connectivity index is 1.29. The number of hydrogen-bond donors (Lipinski definition) is 1. The molecule has 178 valence electrons. The van der Waals surface area contributed by atoms with Crippen molar-refractivity contribution >= 4 is 17.2 Å². The molecule has 4 aromatic heterocycles. The molecule has 0 saturated carbocycles. The van der Waals surface area contributed by atoms with Crippen LogP contribution >= 0.6 is 0 Å². The lowest BCUT2D eigenvalue weighted by Crippen LogP contribution is -2.12. The third-order valence-electron chi connectivity index (χ3n) is 5.86. The van der Waals surface area contributed by atoms with E-state index in [1.54, 1.807) is 33.9 Å². The van der Waals surface area contributed by atoms with Gasteiger partial charge >= 0.3 is 0 Å². The predicted octanol–water partition coefficient (Wildman–Crippen LogP) is 3.97. The highest BCUT2D eigenvalue weighted by Gasteiger charge is 2.17. The number of carbonyl (C=O) groups is 1. The van der Waals surface area contributed by atoms with Crippen molar-refractivity contribution in [2.45, 2.75) is 40.5 Å². The van der Waals surface area contributed by atoms with Crippen molar-refractivity contribution in [3.63, 3.8) is 0 Å². The number of rotatable bonds is 8. The number of nitrogens with one attached hydrogen (secondary N) is 1. The van der Waals surface area contributed by atoms with E-state index in [9.17, 15) is 4.79 Å². The lowest BCUT2D eigenvalue weighted by Gasteiger charge is -2.06. The van der Waals surface area contributed by atoms with Gasteiger partial charge in [-0.05, 0) is 44.0 Å². The first kappa shape index (κ1) is 22.3. The summed E-state index contributed by atoms with van der Waals surface area (Å²) in [6, 6.07) is 11.5. The van der Waals surface area contributed by atoms with Gasteiger partial charge in [-0.25, -0.2) is 14.2 Å². The maximum absolute atomic E-state index is 12.9. The number of benzene rings is 1. The molecule has 1 aromatic carbocycles. The fourth-order valence-corrected chi connectivity index (χ4v) is 3.88. The Morgan fingerprint density at radius 3 is 2.66 bits per heavy atom. The predicted molar refractivity (Wildman–Crippen MR) is 131 cm³/mol. The Labute approximate surface area is 202 Å². The van der Waals surface area contributed by atoms with Crippen LogP contribution in [0.4, 0.5) is 5.69 Å². The molecule has 4 heterocycles. The van der Waals surface area contributed by atoms with Gasteiger partial charge in [0, 0.05) is 30.1 Å². The zero-order valence-electron chi connectivity index (χ0n) is 19.8. The van der Waals surface area contributed by atoms with E-state index in [1.807, 2.05) is 55.1 Å². The van der Waals surface area contributed by atoms with Gasteiger partial charge < -0.3 is 10.1 Å². The molecule has 0 saturated heterocycles. The van der Waals surface area contributed by atoms with E-state index < -0.39 is 0 Å². The summed E-state index contributed by atoms with van der Waals surface area (Å²) >= 11 is 0. The largest absolute Gasteiger partial charge is 0.471 e. The van der Waals surface area contributed by atoms with Crippen molar-refractivity contribution in [1.82, 2.24) is 34.2 Å². The number of nitrogens with zero attached hydrogens (tertiary/aromatic N) is 7. The van der Waals surface area contributed by atoms with Crippen LogP contribution in [0.5, 0.6) is 5.75 Å². The molecule has 0 unspecified atom stereocenters. The fourth-order valence-electron chi connectivity index (χ4n) is 3.88. The Morgan fingerprint density at radius 1 is 1.09 bits per heavy atom. The van der Waals surface area contributed by atoms with Gasteiger partial charge in [0.05, 0.1) is 30.0 Å². The monoisotopic (exact) mass is 470 g/mol. The molecule has 0 aliphatic carbocycles. The van der Waals surface area contributed by atoms with Crippen molar-refractivity contribution in [2.24, 2.45) is 0 Å². The third-order valence-corrected chi connectivity index (χ3v) is 5.86. The first-order chi connectivity index (χ1) is 17.1. The van der Waals surface area contributed by atoms with Gasteiger partial charge in [0.2, 0.25) is 0 Å². The highest BCUT2D eigenvalue weighted by molar-refractivity contribution is 6.03. The number of carbonyl (C=O) groups excluding carboxylic acids is 1. The number of hydrogen-bond acceptors (Lipinski definition) is 6. The standard InChI is InChI=1S/C25H26N8O2/c1-4-18-6-8-20(9-7-18)35-16-31-15-19(13-27-31)29-25(34)22-12-24-26-11-10-23(33(24)30-22)21-14-28-32(5-2)17(21)3/h6-15H,4-5,16H2,1-3H3,(H,29,34). The average molecular weight is 471 g/mol. The zero-order valence-corrected chi connectivity index (χ0v) is 19.8. The summed E-state index contributed by atoms with van der Waals surface area (Å²) < 4.78 is 11.0. The summed E-state index contributed by atoms with van der Waals surface area (Å²) in [5, 5.41) is 16.0. The molecule has 10 nitrogen and oxygen atoms in total. The van der Waals surface area contributed by atoms with E-state index in [1.165, 1.54) is 5.56 Å². The molecule has 1 amide bonds. The van der Waals surface area contributed by atoms with Crippen molar-refractivity contribution in [3.05, 3.63) is 78.1 Å². The van der Waals surface area contributed by atoms with Crippen LogP contribution in [-0.4, -0.2) is 40.1 Å². The van der Waals surface area contributed by atoms with Crippen LogP contribution in [0.15, 0.2) is 61.2 Å². The topological polar surface area (TPSA) is 104 Å². The minimum Gasteiger partial charge on any atom is -0.471 e. The van der Waals surface area contributed by atoms with Crippen molar-refractivity contribution in [3.8, 4) is 17.0 Å². The van der Waals surface area contributed by atoms with Crippen LogP contribution in [-0.2, 0) is 19.7 Å². The zero-order chi connectivity index (χ0) is 24.4. The number of fused-ring (bicyclic) bond motifs is 1. The van der Waals surface area contributed by atoms with Crippen LogP contribution in [0.2, 0.25) is 0 Å². The lowest BCUT2D eigenvalue weighted by atomic mass is 10.2. The summed E-state index contributed by atoms with van der Waals surface area (Å²) in [5.74, 6) is 0.411. The molecule has 5 aromatic rings. The third kappa shape index (κ3) is 4.50. The van der Waals surface area contributed by atoms with Crippen molar-refractivity contribution < 1.29 is 9.53 Å². The van der Waals surface area contributed by atoms with Gasteiger partial charge in [-0.3, -0.25) is 9.48 Å². The molecular weight excluding hydrogens is 444 g/mol. The maximum atomic E-state index is 12.9. The normalized spacial score (nSPS) is 11.2. The van der Waals surface area contributed by atoms with Crippen molar-refractivity contribution in [1.29, 1.82) is 0 Å². The van der Waals surface area contributed by atoms with E-state index in [2.05, 4.69) is 32.5 Å². The minimum atomic E-state index is -0.349. The van der Waals surface area contributed by atoms with Crippen LogP contribution in [0, 0.1) is 6.92 Å².